The van der Waals surface area contributed by atoms with E-state index >= 15 is 0 Å². The van der Waals surface area contributed by atoms with Crippen LogP contribution in [0.2, 0.25) is 0 Å². The summed E-state index contributed by atoms with van der Waals surface area (Å²) in [6.07, 6.45) is 2.69. The van der Waals surface area contributed by atoms with E-state index in [0.29, 0.717) is 6.61 Å². The lowest BCUT2D eigenvalue weighted by Gasteiger charge is -2.31. The molecule has 126 valence electrons. The molecule has 5 heteroatoms. The smallest absolute Gasteiger partial charge is 0.410 e. The first kappa shape index (κ1) is 16.8. The summed E-state index contributed by atoms with van der Waals surface area (Å²) in [4.78, 5) is 14.4. The van der Waals surface area contributed by atoms with E-state index in [1.807, 2.05) is 25.7 Å². The summed E-state index contributed by atoms with van der Waals surface area (Å²) in [6, 6.07) is 4.40. The van der Waals surface area contributed by atoms with Crippen molar-refractivity contribution < 1.29 is 14.3 Å². The van der Waals surface area contributed by atoms with Crippen molar-refractivity contribution in [2.24, 2.45) is 0 Å². The van der Waals surface area contributed by atoms with Crippen LogP contribution >= 0.6 is 15.9 Å². The fourth-order valence-electron chi connectivity index (χ4n) is 3.40. The van der Waals surface area contributed by atoms with Crippen molar-refractivity contribution in [3.05, 3.63) is 33.3 Å². The fourth-order valence-corrected chi connectivity index (χ4v) is 3.92. The van der Waals surface area contributed by atoms with E-state index in [9.17, 15) is 4.79 Å². The molecule has 0 N–H and O–H groups in total. The van der Waals surface area contributed by atoms with Crippen molar-refractivity contribution in [2.45, 2.75) is 58.3 Å². The molecule has 2 aliphatic heterocycles. The lowest BCUT2D eigenvalue weighted by Crippen LogP contribution is -2.36. The number of ether oxygens (including phenoxy) is 2. The Bertz CT molecular complexity index is 609. The minimum Gasteiger partial charge on any atom is -0.444 e. The lowest BCUT2D eigenvalue weighted by atomic mass is 9.92. The first-order chi connectivity index (χ1) is 10.8. The van der Waals surface area contributed by atoms with E-state index in [4.69, 9.17) is 9.47 Å². The van der Waals surface area contributed by atoms with Crippen molar-refractivity contribution in [1.82, 2.24) is 4.90 Å². The number of hydrogen-bond acceptors (Lipinski definition) is 3. The van der Waals surface area contributed by atoms with Crippen LogP contribution in [0.25, 0.3) is 0 Å². The highest BCUT2D eigenvalue weighted by Gasteiger charge is 2.35. The van der Waals surface area contributed by atoms with Crippen LogP contribution in [-0.4, -0.2) is 29.7 Å². The Hall–Kier alpha value is -1.07. The van der Waals surface area contributed by atoms with Gasteiger partial charge in [0, 0.05) is 11.0 Å². The zero-order valence-corrected chi connectivity index (χ0v) is 15.6. The highest BCUT2D eigenvalue weighted by molar-refractivity contribution is 9.10. The van der Waals surface area contributed by atoms with Gasteiger partial charge in [0.15, 0.2) is 0 Å². The topological polar surface area (TPSA) is 38.8 Å². The van der Waals surface area contributed by atoms with Gasteiger partial charge < -0.3 is 14.4 Å². The normalized spacial score (nSPS) is 21.2. The molecule has 4 nitrogen and oxygen atoms in total. The molecule has 0 spiro atoms. The molecule has 3 rings (SSSR count). The molecular weight excluding hydrogens is 358 g/mol. The molecule has 1 aromatic carbocycles. The maximum atomic E-state index is 12.6. The molecule has 0 saturated carbocycles. The molecule has 1 amide bonds. The molecule has 0 aromatic heterocycles. The van der Waals surface area contributed by atoms with Gasteiger partial charge in [-0.2, -0.15) is 0 Å². The standard InChI is InChI=1S/C18H24BrNO3/c1-18(2,3)23-17(21)20-7-4-5-16(20)14-10-13(19)9-12-6-8-22-11-15(12)14/h9-10,16H,4-8,11H2,1-3H3/t16-/m0/s1. The number of hydrogen-bond donors (Lipinski definition) is 0. The molecule has 1 aromatic rings. The number of rotatable bonds is 1. The number of benzene rings is 1. The second kappa shape index (κ2) is 6.44. The van der Waals surface area contributed by atoms with E-state index in [1.54, 1.807) is 0 Å². The second-order valence-corrected chi connectivity index (χ2v) is 8.18. The van der Waals surface area contributed by atoms with Crippen LogP contribution < -0.4 is 0 Å². The van der Waals surface area contributed by atoms with Gasteiger partial charge in [-0.05, 0) is 68.9 Å². The minimum atomic E-state index is -0.468. The largest absolute Gasteiger partial charge is 0.444 e. The SMILES string of the molecule is CC(C)(C)OC(=O)N1CCC[C@H]1c1cc(Br)cc2c1COCC2. The van der Waals surface area contributed by atoms with Gasteiger partial charge in [0.25, 0.3) is 0 Å². The Morgan fingerprint density at radius 1 is 1.39 bits per heavy atom. The van der Waals surface area contributed by atoms with Gasteiger partial charge in [0.05, 0.1) is 19.3 Å². The number of carbonyl (C=O) groups excluding carboxylic acids is 1. The monoisotopic (exact) mass is 381 g/mol. The Morgan fingerprint density at radius 3 is 2.91 bits per heavy atom. The van der Waals surface area contributed by atoms with Crippen LogP contribution in [0.4, 0.5) is 4.79 Å². The summed E-state index contributed by atoms with van der Waals surface area (Å²) in [5.74, 6) is 0. The predicted octanol–water partition coefficient (Wildman–Crippen LogP) is 4.59. The van der Waals surface area contributed by atoms with Crippen LogP contribution in [-0.2, 0) is 22.5 Å². The molecule has 2 heterocycles. The highest BCUT2D eigenvalue weighted by Crippen LogP contribution is 2.38. The molecule has 1 fully saturated rings. The average molecular weight is 382 g/mol. The number of amides is 1. The zero-order chi connectivity index (χ0) is 16.6. The van der Waals surface area contributed by atoms with E-state index in [2.05, 4.69) is 28.1 Å². The Kier molecular flexibility index (Phi) is 4.70. The van der Waals surface area contributed by atoms with Crippen molar-refractivity contribution in [3.63, 3.8) is 0 Å². The Labute approximate surface area is 146 Å². The molecular formula is C18H24BrNO3. The van der Waals surface area contributed by atoms with Gasteiger partial charge >= 0.3 is 6.09 Å². The third-order valence-corrected chi connectivity index (χ3v) is 4.80. The first-order valence-corrected chi connectivity index (χ1v) is 9.03. The Morgan fingerprint density at radius 2 is 2.17 bits per heavy atom. The molecule has 1 saturated heterocycles. The predicted molar refractivity (Wildman–Crippen MR) is 92.4 cm³/mol. The number of halogens is 1. The van der Waals surface area contributed by atoms with Crippen LogP contribution in [0.15, 0.2) is 16.6 Å². The third kappa shape index (κ3) is 3.72. The van der Waals surface area contributed by atoms with Crippen LogP contribution in [0.1, 0.15) is 56.3 Å². The summed E-state index contributed by atoms with van der Waals surface area (Å²) in [6.45, 7) is 7.88. The van der Waals surface area contributed by atoms with Crippen molar-refractivity contribution in [2.75, 3.05) is 13.2 Å². The summed E-state index contributed by atoms with van der Waals surface area (Å²) < 4.78 is 12.3. The van der Waals surface area contributed by atoms with Gasteiger partial charge in [-0.25, -0.2) is 4.79 Å². The number of carbonyl (C=O) groups is 1. The Balaban J connectivity index is 1.91. The summed E-state index contributed by atoms with van der Waals surface area (Å²) in [5, 5.41) is 0. The van der Waals surface area contributed by atoms with E-state index < -0.39 is 5.60 Å². The van der Waals surface area contributed by atoms with Gasteiger partial charge in [-0.15, -0.1) is 0 Å². The maximum absolute atomic E-state index is 12.6. The van der Waals surface area contributed by atoms with Crippen LogP contribution in [0.5, 0.6) is 0 Å². The molecule has 0 aliphatic carbocycles. The van der Waals surface area contributed by atoms with Crippen LogP contribution in [0, 0.1) is 0 Å². The average Bonchev–Trinajstić information content (AvgIpc) is 2.93. The lowest BCUT2D eigenvalue weighted by molar-refractivity contribution is 0.0221. The third-order valence-electron chi connectivity index (χ3n) is 4.34. The highest BCUT2D eigenvalue weighted by atomic mass is 79.9. The fraction of sp³-hybridized carbons (Fsp3) is 0.611. The second-order valence-electron chi connectivity index (χ2n) is 7.27. The van der Waals surface area contributed by atoms with E-state index in [0.717, 1.165) is 36.9 Å². The van der Waals surface area contributed by atoms with E-state index in [1.165, 1.54) is 16.7 Å². The molecule has 0 radical (unpaired) electrons. The zero-order valence-electron chi connectivity index (χ0n) is 14.0. The van der Waals surface area contributed by atoms with Crippen molar-refractivity contribution >= 4 is 22.0 Å². The molecule has 0 unspecified atom stereocenters. The number of nitrogens with zero attached hydrogens (tertiary/aromatic N) is 1. The molecule has 2 aliphatic rings. The van der Waals surface area contributed by atoms with Crippen molar-refractivity contribution in [1.29, 1.82) is 0 Å². The van der Waals surface area contributed by atoms with Gasteiger partial charge in [0.2, 0.25) is 0 Å². The maximum Gasteiger partial charge on any atom is 0.410 e. The summed E-state index contributed by atoms with van der Waals surface area (Å²) in [5.41, 5.74) is 3.32. The van der Waals surface area contributed by atoms with Gasteiger partial charge in [-0.3, -0.25) is 0 Å². The van der Waals surface area contributed by atoms with E-state index in [-0.39, 0.29) is 12.1 Å². The van der Waals surface area contributed by atoms with Crippen LogP contribution in [0.3, 0.4) is 0 Å². The number of likely N-dealkylation sites (tertiary alicyclic amines) is 1. The first-order valence-electron chi connectivity index (χ1n) is 8.24. The van der Waals surface area contributed by atoms with Gasteiger partial charge in [0.1, 0.15) is 5.60 Å². The molecule has 0 bridgehead atoms. The van der Waals surface area contributed by atoms with Crippen molar-refractivity contribution in [3.8, 4) is 0 Å². The summed E-state index contributed by atoms with van der Waals surface area (Å²) in [7, 11) is 0. The molecule has 1 atom stereocenters. The quantitative estimate of drug-likeness (QED) is 0.713. The number of fused-ring (bicyclic) bond motifs is 1. The molecule has 23 heavy (non-hydrogen) atoms. The summed E-state index contributed by atoms with van der Waals surface area (Å²) >= 11 is 3.62. The minimum absolute atomic E-state index is 0.0813. The van der Waals surface area contributed by atoms with Gasteiger partial charge in [-0.1, -0.05) is 15.9 Å².